The van der Waals surface area contributed by atoms with E-state index in [4.69, 9.17) is 16.3 Å². The van der Waals surface area contributed by atoms with Crippen LogP contribution in [0.3, 0.4) is 0 Å². The number of carboxylic acids is 1. The van der Waals surface area contributed by atoms with Crippen LogP contribution >= 0.6 is 11.6 Å². The maximum absolute atomic E-state index is 15.9. The predicted octanol–water partition coefficient (Wildman–Crippen LogP) is 4.92. The van der Waals surface area contributed by atoms with Crippen molar-refractivity contribution >= 4 is 17.6 Å². The highest BCUT2D eigenvalue weighted by Crippen LogP contribution is 2.38. The summed E-state index contributed by atoms with van der Waals surface area (Å²) in [5, 5.41) is 10.0. The molecule has 36 heavy (non-hydrogen) atoms. The third kappa shape index (κ3) is 5.22. The lowest BCUT2D eigenvalue weighted by Gasteiger charge is -2.39. The Bertz CT molecular complexity index is 1400. The minimum Gasteiger partial charge on any atom is -0.478 e. The Balaban J connectivity index is 1.69. The first-order valence-electron chi connectivity index (χ1n) is 11.7. The highest BCUT2D eigenvalue weighted by atomic mass is 35.5. The molecule has 0 bridgehead atoms. The number of halogens is 2. The first-order valence-corrected chi connectivity index (χ1v) is 12.1. The number of hydrogen-bond donors (Lipinski definition) is 2. The SMILES string of the molecule is CC[C@H](c1ccc(C(=O)O)c(Oc2cccc(Cl)c2)c1F)N1CCC[C@H](n2cc(C)c(=O)[nH]c2=O)C1. The van der Waals surface area contributed by atoms with Gasteiger partial charge in [-0.05, 0) is 57.0 Å². The van der Waals surface area contributed by atoms with Gasteiger partial charge in [0, 0.05) is 34.9 Å². The van der Waals surface area contributed by atoms with Crippen molar-refractivity contribution in [1.82, 2.24) is 14.5 Å². The van der Waals surface area contributed by atoms with Gasteiger partial charge in [0.05, 0.1) is 6.04 Å². The standard InChI is InChI=1S/C26H27ClFN3O5/c1-3-21(30-11-5-7-17(14-30)31-13-15(2)24(32)29-26(31)35)19-9-10-20(25(33)34)23(22(19)28)36-18-8-4-6-16(27)12-18/h4,6,8-10,12-13,17,21H,3,5,7,11,14H2,1-2H3,(H,33,34)(H,29,32,35)/t17-,21+/m0/s1. The normalized spacial score (nSPS) is 17.1. The molecule has 0 aliphatic carbocycles. The van der Waals surface area contributed by atoms with Gasteiger partial charge in [-0.2, -0.15) is 0 Å². The summed E-state index contributed by atoms with van der Waals surface area (Å²) in [4.78, 5) is 40.5. The zero-order valence-electron chi connectivity index (χ0n) is 20.0. The first-order chi connectivity index (χ1) is 17.2. The monoisotopic (exact) mass is 515 g/mol. The second-order valence-corrected chi connectivity index (χ2v) is 9.34. The summed E-state index contributed by atoms with van der Waals surface area (Å²) < 4.78 is 23.1. The number of carboxylic acid groups (broad SMARTS) is 1. The number of benzene rings is 2. The van der Waals surface area contributed by atoms with E-state index in [0.717, 1.165) is 12.8 Å². The van der Waals surface area contributed by atoms with Gasteiger partial charge < -0.3 is 9.84 Å². The van der Waals surface area contributed by atoms with E-state index in [1.807, 2.05) is 6.92 Å². The van der Waals surface area contributed by atoms with Crippen molar-refractivity contribution in [2.45, 2.75) is 45.2 Å². The number of aryl methyl sites for hydroxylation is 1. The van der Waals surface area contributed by atoms with E-state index in [1.165, 1.54) is 22.8 Å². The van der Waals surface area contributed by atoms with Gasteiger partial charge in [0.1, 0.15) is 11.3 Å². The van der Waals surface area contributed by atoms with Gasteiger partial charge in [-0.25, -0.2) is 14.0 Å². The highest BCUT2D eigenvalue weighted by molar-refractivity contribution is 6.30. The summed E-state index contributed by atoms with van der Waals surface area (Å²) in [6, 6.07) is 8.57. The summed E-state index contributed by atoms with van der Waals surface area (Å²) in [5.41, 5.74) is -0.428. The summed E-state index contributed by atoms with van der Waals surface area (Å²) >= 11 is 6.01. The van der Waals surface area contributed by atoms with E-state index in [0.29, 0.717) is 35.7 Å². The summed E-state index contributed by atoms with van der Waals surface area (Å²) in [5.74, 6) is -2.21. The van der Waals surface area contributed by atoms with Crippen LogP contribution < -0.4 is 16.0 Å². The summed E-state index contributed by atoms with van der Waals surface area (Å²) in [7, 11) is 0. The zero-order valence-corrected chi connectivity index (χ0v) is 20.7. The minimum absolute atomic E-state index is 0.195. The average Bonchev–Trinajstić information content (AvgIpc) is 2.84. The molecule has 2 aromatic carbocycles. The van der Waals surface area contributed by atoms with Crippen LogP contribution in [-0.2, 0) is 0 Å². The Morgan fingerprint density at radius 1 is 1.31 bits per heavy atom. The van der Waals surface area contributed by atoms with Crippen molar-refractivity contribution in [3.63, 3.8) is 0 Å². The third-order valence-electron chi connectivity index (χ3n) is 6.53. The van der Waals surface area contributed by atoms with Gasteiger partial charge in [0.25, 0.3) is 5.56 Å². The highest BCUT2D eigenvalue weighted by Gasteiger charge is 2.31. The lowest BCUT2D eigenvalue weighted by Crippen LogP contribution is -2.43. The van der Waals surface area contributed by atoms with Crippen LogP contribution in [0.15, 0.2) is 52.2 Å². The summed E-state index contributed by atoms with van der Waals surface area (Å²) in [6.07, 6.45) is 3.62. The molecule has 0 radical (unpaired) electrons. The number of aromatic carboxylic acids is 1. The number of aromatic amines is 1. The lowest BCUT2D eigenvalue weighted by atomic mass is 9.95. The van der Waals surface area contributed by atoms with Crippen LogP contribution in [0.2, 0.25) is 5.02 Å². The Hall–Kier alpha value is -3.43. The van der Waals surface area contributed by atoms with Crippen LogP contribution in [0.1, 0.15) is 59.8 Å². The molecule has 0 saturated carbocycles. The maximum Gasteiger partial charge on any atom is 0.339 e. The van der Waals surface area contributed by atoms with Gasteiger partial charge in [-0.1, -0.05) is 30.7 Å². The van der Waals surface area contributed by atoms with Gasteiger partial charge >= 0.3 is 11.7 Å². The molecule has 1 aliphatic heterocycles. The lowest BCUT2D eigenvalue weighted by molar-refractivity contribution is 0.0693. The van der Waals surface area contributed by atoms with E-state index in [9.17, 15) is 19.5 Å². The molecule has 2 N–H and O–H groups in total. The van der Waals surface area contributed by atoms with Crippen LogP contribution in [0, 0.1) is 12.7 Å². The predicted molar refractivity (Wildman–Crippen MR) is 134 cm³/mol. The maximum atomic E-state index is 15.9. The van der Waals surface area contributed by atoms with Gasteiger partial charge in [0.15, 0.2) is 11.6 Å². The van der Waals surface area contributed by atoms with Crippen LogP contribution in [0.25, 0.3) is 0 Å². The zero-order chi connectivity index (χ0) is 26.0. The molecule has 2 atom stereocenters. The number of aromatic nitrogens is 2. The number of nitrogens with one attached hydrogen (secondary N) is 1. The smallest absolute Gasteiger partial charge is 0.339 e. The second-order valence-electron chi connectivity index (χ2n) is 8.90. The van der Waals surface area contributed by atoms with E-state index in [-0.39, 0.29) is 29.1 Å². The summed E-state index contributed by atoms with van der Waals surface area (Å²) in [6.45, 7) is 4.71. The van der Waals surface area contributed by atoms with Crippen molar-refractivity contribution < 1.29 is 19.0 Å². The number of ether oxygens (including phenoxy) is 1. The van der Waals surface area contributed by atoms with Crippen molar-refractivity contribution in [2.24, 2.45) is 0 Å². The van der Waals surface area contributed by atoms with Crippen LogP contribution in [0.4, 0.5) is 4.39 Å². The largest absolute Gasteiger partial charge is 0.478 e. The molecule has 10 heteroatoms. The van der Waals surface area contributed by atoms with Gasteiger partial charge in [-0.15, -0.1) is 0 Å². The Morgan fingerprint density at radius 3 is 2.78 bits per heavy atom. The molecule has 2 heterocycles. The number of piperidine rings is 1. The number of H-pyrrole nitrogens is 1. The molecular weight excluding hydrogens is 489 g/mol. The molecule has 1 saturated heterocycles. The van der Waals surface area contributed by atoms with Crippen molar-refractivity contribution in [3.05, 3.63) is 91.0 Å². The third-order valence-corrected chi connectivity index (χ3v) is 6.76. The van der Waals surface area contributed by atoms with E-state index < -0.39 is 23.0 Å². The Labute approximate surface area is 211 Å². The molecule has 1 aromatic heterocycles. The number of carbonyl (C=O) groups is 1. The fourth-order valence-corrected chi connectivity index (χ4v) is 4.95. The molecule has 4 rings (SSSR count). The Kier molecular flexibility index (Phi) is 7.61. The molecule has 0 spiro atoms. The second kappa shape index (κ2) is 10.7. The number of rotatable bonds is 7. The van der Waals surface area contributed by atoms with E-state index in [2.05, 4.69) is 9.88 Å². The molecule has 0 unspecified atom stereocenters. The molecule has 0 amide bonds. The molecule has 3 aromatic rings. The van der Waals surface area contributed by atoms with Crippen LogP contribution in [0.5, 0.6) is 11.5 Å². The minimum atomic E-state index is -1.31. The molecule has 1 fully saturated rings. The number of hydrogen-bond acceptors (Lipinski definition) is 5. The topological polar surface area (TPSA) is 105 Å². The Morgan fingerprint density at radius 2 is 2.08 bits per heavy atom. The van der Waals surface area contributed by atoms with Crippen molar-refractivity contribution in [2.75, 3.05) is 13.1 Å². The van der Waals surface area contributed by atoms with Gasteiger partial charge in [-0.3, -0.25) is 19.2 Å². The van der Waals surface area contributed by atoms with Crippen LogP contribution in [-0.4, -0.2) is 38.6 Å². The van der Waals surface area contributed by atoms with Gasteiger partial charge in [0.2, 0.25) is 0 Å². The first kappa shape index (κ1) is 25.7. The van der Waals surface area contributed by atoms with E-state index >= 15 is 4.39 Å². The average molecular weight is 516 g/mol. The van der Waals surface area contributed by atoms with Crippen molar-refractivity contribution in [3.8, 4) is 11.5 Å². The number of likely N-dealkylation sites (tertiary alicyclic amines) is 1. The van der Waals surface area contributed by atoms with Crippen molar-refractivity contribution in [1.29, 1.82) is 0 Å². The molecule has 8 nitrogen and oxygen atoms in total. The molecule has 1 aliphatic rings. The molecular formula is C26H27ClFN3O5. The molecule has 190 valence electrons. The fraction of sp³-hybridized carbons (Fsp3) is 0.346. The quantitative estimate of drug-likeness (QED) is 0.463. The fourth-order valence-electron chi connectivity index (χ4n) is 4.77. The number of nitrogens with zero attached hydrogens (tertiary/aromatic N) is 2. The van der Waals surface area contributed by atoms with E-state index in [1.54, 1.807) is 31.3 Å².